The van der Waals surface area contributed by atoms with Gasteiger partial charge in [0.05, 0.1) is 7.11 Å². The zero-order valence-electron chi connectivity index (χ0n) is 10.8. The molecule has 1 aromatic rings. The summed E-state index contributed by atoms with van der Waals surface area (Å²) < 4.78 is 5.29. The van der Waals surface area contributed by atoms with Crippen molar-refractivity contribution in [1.82, 2.24) is 5.32 Å². The second kappa shape index (κ2) is 5.68. The van der Waals surface area contributed by atoms with Crippen molar-refractivity contribution in [3.8, 4) is 5.75 Å². The van der Waals surface area contributed by atoms with Crippen LogP contribution < -0.4 is 15.8 Å². The van der Waals surface area contributed by atoms with Gasteiger partial charge >= 0.3 is 0 Å². The minimum Gasteiger partial charge on any atom is -0.496 e. The molecule has 1 rings (SSSR count). The largest absolute Gasteiger partial charge is 0.496 e. The van der Waals surface area contributed by atoms with Gasteiger partial charge in [-0.3, -0.25) is 4.79 Å². The van der Waals surface area contributed by atoms with Gasteiger partial charge in [-0.2, -0.15) is 0 Å². The van der Waals surface area contributed by atoms with Crippen LogP contribution in [0.3, 0.4) is 0 Å². The van der Waals surface area contributed by atoms with E-state index in [0.29, 0.717) is 17.2 Å². The summed E-state index contributed by atoms with van der Waals surface area (Å²) in [5.74, 6) is 0.849. The van der Waals surface area contributed by atoms with Crippen LogP contribution in [-0.4, -0.2) is 20.1 Å². The Kier molecular flexibility index (Phi) is 4.52. The van der Waals surface area contributed by atoms with Gasteiger partial charge in [0.2, 0.25) is 5.91 Å². The van der Waals surface area contributed by atoms with E-state index in [9.17, 15) is 4.79 Å². The molecule has 0 aliphatic heterocycles. The van der Waals surface area contributed by atoms with E-state index in [0.717, 1.165) is 5.56 Å². The van der Waals surface area contributed by atoms with Gasteiger partial charge in [-0.15, -0.1) is 0 Å². The predicted molar refractivity (Wildman–Crippen MR) is 68.1 cm³/mol. The molecule has 1 unspecified atom stereocenters. The lowest BCUT2D eigenvalue weighted by molar-refractivity contribution is -0.122. The number of rotatable bonds is 4. The highest BCUT2D eigenvalue weighted by Gasteiger charge is 2.19. The normalized spacial score (nSPS) is 12.4. The van der Waals surface area contributed by atoms with Crippen LogP contribution in [0.1, 0.15) is 36.9 Å². The molecule has 0 radical (unpaired) electrons. The first-order valence-electron chi connectivity index (χ1n) is 5.66. The highest BCUT2D eigenvalue weighted by atomic mass is 16.5. The van der Waals surface area contributed by atoms with Crippen LogP contribution in [0.15, 0.2) is 18.2 Å². The Hall–Kier alpha value is -1.55. The third-order valence-electron chi connectivity index (χ3n) is 2.79. The van der Waals surface area contributed by atoms with Crippen molar-refractivity contribution in [3.63, 3.8) is 0 Å². The number of amides is 1. The van der Waals surface area contributed by atoms with Crippen LogP contribution in [0, 0.1) is 0 Å². The van der Waals surface area contributed by atoms with E-state index >= 15 is 0 Å². The van der Waals surface area contributed by atoms with Gasteiger partial charge in [0, 0.05) is 12.6 Å². The first kappa shape index (κ1) is 13.5. The van der Waals surface area contributed by atoms with Crippen molar-refractivity contribution < 1.29 is 9.53 Å². The summed E-state index contributed by atoms with van der Waals surface area (Å²) in [5, 5.41) is 2.53. The number of ether oxygens (including phenoxy) is 1. The molecule has 1 atom stereocenters. The number of methoxy groups -OCH3 is 1. The fourth-order valence-electron chi connectivity index (χ4n) is 1.64. The van der Waals surface area contributed by atoms with Crippen molar-refractivity contribution in [1.29, 1.82) is 0 Å². The molecule has 4 nitrogen and oxygen atoms in total. The molecule has 94 valence electrons. The molecule has 3 N–H and O–H groups in total. The number of nitrogens with one attached hydrogen (secondary N) is 1. The molecule has 0 bridgehead atoms. The summed E-state index contributed by atoms with van der Waals surface area (Å²) in [7, 11) is 3.15. The second-order valence-corrected chi connectivity index (χ2v) is 4.25. The first-order chi connectivity index (χ1) is 8.01. The van der Waals surface area contributed by atoms with Gasteiger partial charge in [-0.1, -0.05) is 26.0 Å². The molecular formula is C13H20N2O2. The lowest BCUT2D eigenvalue weighted by atomic mass is 9.98. The van der Waals surface area contributed by atoms with Crippen molar-refractivity contribution in [2.24, 2.45) is 5.73 Å². The Morgan fingerprint density at radius 1 is 1.41 bits per heavy atom. The molecule has 0 aliphatic carbocycles. The number of hydrogen-bond acceptors (Lipinski definition) is 3. The van der Waals surface area contributed by atoms with Crippen LogP contribution in [-0.2, 0) is 4.79 Å². The van der Waals surface area contributed by atoms with Crippen LogP contribution in [0.5, 0.6) is 5.75 Å². The van der Waals surface area contributed by atoms with Crippen LogP contribution in [0.2, 0.25) is 0 Å². The Balaban J connectivity index is 3.12. The minimum absolute atomic E-state index is 0.222. The Labute approximate surface area is 102 Å². The van der Waals surface area contributed by atoms with Crippen LogP contribution >= 0.6 is 0 Å². The molecule has 17 heavy (non-hydrogen) atoms. The fraction of sp³-hybridized carbons (Fsp3) is 0.462. The third-order valence-corrected chi connectivity index (χ3v) is 2.79. The second-order valence-electron chi connectivity index (χ2n) is 4.25. The average molecular weight is 236 g/mol. The zero-order chi connectivity index (χ0) is 13.0. The molecule has 0 aromatic heterocycles. The van der Waals surface area contributed by atoms with E-state index in [1.54, 1.807) is 14.2 Å². The molecule has 4 heteroatoms. The number of nitrogens with two attached hydrogens (primary N) is 1. The van der Waals surface area contributed by atoms with E-state index in [1.807, 2.05) is 18.2 Å². The summed E-state index contributed by atoms with van der Waals surface area (Å²) in [6.45, 7) is 4.21. The Morgan fingerprint density at radius 2 is 2.06 bits per heavy atom. The highest BCUT2D eigenvalue weighted by Crippen LogP contribution is 2.28. The summed E-state index contributed by atoms with van der Waals surface area (Å²) in [6, 6.07) is 5.07. The summed E-state index contributed by atoms with van der Waals surface area (Å²) in [6.07, 6.45) is 0. The fourth-order valence-corrected chi connectivity index (χ4v) is 1.64. The van der Waals surface area contributed by atoms with E-state index < -0.39 is 6.04 Å². The van der Waals surface area contributed by atoms with Crippen LogP contribution in [0.25, 0.3) is 0 Å². The van der Waals surface area contributed by atoms with Crippen molar-refractivity contribution in [2.75, 3.05) is 14.2 Å². The highest BCUT2D eigenvalue weighted by molar-refractivity contribution is 5.83. The molecule has 0 saturated carbocycles. The summed E-state index contributed by atoms with van der Waals surface area (Å²) in [4.78, 5) is 11.5. The molecule has 1 aromatic carbocycles. The van der Waals surface area contributed by atoms with Crippen LogP contribution in [0.4, 0.5) is 0 Å². The summed E-state index contributed by atoms with van der Waals surface area (Å²) >= 11 is 0. The average Bonchev–Trinajstić information content (AvgIpc) is 2.35. The predicted octanol–water partition coefficient (Wildman–Crippen LogP) is 1.56. The number of likely N-dealkylation sites (N-methyl/N-ethyl adjacent to an activating group) is 1. The number of benzene rings is 1. The maximum atomic E-state index is 11.5. The molecular weight excluding hydrogens is 216 g/mol. The minimum atomic E-state index is -0.698. The Bertz CT molecular complexity index is 402. The van der Waals surface area contributed by atoms with Gasteiger partial charge in [0.1, 0.15) is 11.8 Å². The third kappa shape index (κ3) is 2.97. The van der Waals surface area contributed by atoms with Gasteiger partial charge in [0.15, 0.2) is 0 Å². The summed E-state index contributed by atoms with van der Waals surface area (Å²) in [5.41, 5.74) is 7.73. The lowest BCUT2D eigenvalue weighted by Gasteiger charge is -2.16. The first-order valence-corrected chi connectivity index (χ1v) is 5.66. The molecule has 0 saturated heterocycles. The SMILES string of the molecule is CNC(=O)C(N)c1ccc(C(C)C)cc1OC. The maximum absolute atomic E-state index is 11.5. The van der Waals surface area contributed by atoms with E-state index in [4.69, 9.17) is 10.5 Å². The van der Waals surface area contributed by atoms with Gasteiger partial charge < -0.3 is 15.8 Å². The monoisotopic (exact) mass is 236 g/mol. The quantitative estimate of drug-likeness (QED) is 0.834. The lowest BCUT2D eigenvalue weighted by Crippen LogP contribution is -2.31. The smallest absolute Gasteiger partial charge is 0.241 e. The maximum Gasteiger partial charge on any atom is 0.241 e. The standard InChI is InChI=1S/C13H20N2O2/c1-8(2)9-5-6-10(11(7-9)17-4)12(14)13(16)15-3/h5-8,12H,14H2,1-4H3,(H,15,16). The molecule has 0 fully saturated rings. The van der Waals surface area contributed by atoms with E-state index in [1.165, 1.54) is 0 Å². The molecule has 0 heterocycles. The van der Waals surface area contributed by atoms with Crippen molar-refractivity contribution in [2.45, 2.75) is 25.8 Å². The van der Waals surface area contributed by atoms with Gasteiger partial charge in [-0.05, 0) is 17.5 Å². The van der Waals surface area contributed by atoms with E-state index in [2.05, 4.69) is 19.2 Å². The van der Waals surface area contributed by atoms with E-state index in [-0.39, 0.29) is 5.91 Å². The molecule has 0 aliphatic rings. The van der Waals surface area contributed by atoms with Gasteiger partial charge in [-0.25, -0.2) is 0 Å². The number of carbonyl (C=O) groups excluding carboxylic acids is 1. The van der Waals surface area contributed by atoms with Gasteiger partial charge in [0.25, 0.3) is 0 Å². The topological polar surface area (TPSA) is 64.4 Å². The Morgan fingerprint density at radius 3 is 2.53 bits per heavy atom. The number of hydrogen-bond donors (Lipinski definition) is 2. The zero-order valence-corrected chi connectivity index (χ0v) is 10.8. The van der Waals surface area contributed by atoms with Crippen molar-refractivity contribution >= 4 is 5.91 Å². The molecule has 0 spiro atoms. The van der Waals surface area contributed by atoms with Crippen molar-refractivity contribution in [3.05, 3.63) is 29.3 Å². The molecule has 1 amide bonds. The number of carbonyl (C=O) groups is 1.